The number of carbonyl (C=O) groups is 2. The van der Waals surface area contributed by atoms with E-state index in [1.54, 1.807) is 75.2 Å². The first-order valence-corrected chi connectivity index (χ1v) is 10.2. The monoisotopic (exact) mass is 450 g/mol. The number of nitrogens with zero attached hydrogens (tertiary/aromatic N) is 4. The van der Waals surface area contributed by atoms with Crippen molar-refractivity contribution in [2.24, 2.45) is 5.11 Å². The molecule has 1 aromatic carbocycles. The number of nitrogens with one attached hydrogen (secondary N) is 2. The number of hydrogen-bond donors (Lipinski definition) is 2. The average Bonchev–Trinajstić information content (AvgIpc) is 2.84. The van der Waals surface area contributed by atoms with Gasteiger partial charge in [0.2, 0.25) is 5.91 Å². The van der Waals surface area contributed by atoms with Crippen molar-refractivity contribution < 1.29 is 19.1 Å². The number of ether oxygens (including phenoxy) is 2. The summed E-state index contributed by atoms with van der Waals surface area (Å²) >= 11 is 0. The third kappa shape index (κ3) is 9.36. The minimum absolute atomic E-state index is 0.0892. The molecule has 10 heteroatoms. The normalized spacial score (nSPS) is 11.3. The van der Waals surface area contributed by atoms with Crippen LogP contribution in [0.15, 0.2) is 65.7 Å². The van der Waals surface area contributed by atoms with E-state index >= 15 is 0 Å². The molecular weight excluding hydrogens is 424 g/mol. The standard InChI is InChI=1S/C23H26N6O4/c1-32-22(33-2)6-4-14-26-23(31)20(15-18-5-3-13-25-16-18)27-21(30)12-9-17-7-10-19(11-8-17)28-29-24/h3,5,7-13,15-16,22H,4,6,14H2,1-2H3,(H,26,31)(H,27,30)/b12-9+,20-15+. The van der Waals surface area contributed by atoms with Crippen molar-refractivity contribution in [3.63, 3.8) is 0 Å². The second-order valence-electron chi connectivity index (χ2n) is 6.75. The lowest BCUT2D eigenvalue weighted by Gasteiger charge is -2.14. The largest absolute Gasteiger partial charge is 0.356 e. The molecule has 1 aromatic heterocycles. The van der Waals surface area contributed by atoms with Crippen LogP contribution < -0.4 is 10.6 Å². The van der Waals surface area contributed by atoms with Crippen molar-refractivity contribution in [3.05, 3.63) is 82.1 Å². The number of amides is 2. The highest BCUT2D eigenvalue weighted by Gasteiger charge is 2.12. The lowest BCUT2D eigenvalue weighted by atomic mass is 10.2. The van der Waals surface area contributed by atoms with Crippen molar-refractivity contribution in [3.8, 4) is 0 Å². The molecule has 0 aliphatic rings. The summed E-state index contributed by atoms with van der Waals surface area (Å²) in [7, 11) is 3.11. The summed E-state index contributed by atoms with van der Waals surface area (Å²) in [6.07, 6.45) is 8.57. The SMILES string of the molecule is COC(CCCNC(=O)/C(=C\c1cccnc1)NC(=O)/C=C/c1ccc(N=[N+]=[N-])cc1)OC. The van der Waals surface area contributed by atoms with Gasteiger partial charge in [0.15, 0.2) is 6.29 Å². The highest BCUT2D eigenvalue weighted by molar-refractivity contribution is 6.04. The molecule has 0 aliphatic heterocycles. The van der Waals surface area contributed by atoms with Crippen LogP contribution in [0.3, 0.4) is 0 Å². The molecule has 2 aromatic rings. The maximum absolute atomic E-state index is 12.7. The fourth-order valence-electron chi connectivity index (χ4n) is 2.73. The maximum atomic E-state index is 12.7. The van der Waals surface area contributed by atoms with Crippen LogP contribution in [0.4, 0.5) is 5.69 Å². The van der Waals surface area contributed by atoms with Crippen LogP contribution in [0.5, 0.6) is 0 Å². The molecule has 0 atom stereocenters. The van der Waals surface area contributed by atoms with Gasteiger partial charge in [0.1, 0.15) is 5.70 Å². The van der Waals surface area contributed by atoms with E-state index in [4.69, 9.17) is 15.0 Å². The number of benzene rings is 1. The molecular formula is C23H26N6O4. The van der Waals surface area contributed by atoms with E-state index in [1.807, 2.05) is 0 Å². The number of azide groups is 1. The highest BCUT2D eigenvalue weighted by atomic mass is 16.7. The summed E-state index contributed by atoms with van der Waals surface area (Å²) in [4.78, 5) is 31.9. The van der Waals surface area contributed by atoms with E-state index in [0.717, 1.165) is 5.56 Å². The van der Waals surface area contributed by atoms with Crippen LogP contribution in [0.1, 0.15) is 24.0 Å². The van der Waals surface area contributed by atoms with Gasteiger partial charge in [-0.1, -0.05) is 35.4 Å². The Balaban J connectivity index is 2.04. The Bertz CT molecular complexity index is 1010. The molecule has 0 bridgehead atoms. The van der Waals surface area contributed by atoms with Gasteiger partial charge in [-0.15, -0.1) is 0 Å². The van der Waals surface area contributed by atoms with Crippen molar-refractivity contribution in [2.75, 3.05) is 20.8 Å². The number of carbonyl (C=O) groups excluding carboxylic acids is 2. The Morgan fingerprint density at radius 1 is 1.18 bits per heavy atom. The molecule has 0 spiro atoms. The summed E-state index contributed by atoms with van der Waals surface area (Å²) in [6, 6.07) is 10.2. The molecule has 0 unspecified atom stereocenters. The Labute approximate surface area is 191 Å². The van der Waals surface area contributed by atoms with Crippen LogP contribution in [0.2, 0.25) is 0 Å². The van der Waals surface area contributed by atoms with E-state index in [9.17, 15) is 9.59 Å². The van der Waals surface area contributed by atoms with Gasteiger partial charge in [-0.3, -0.25) is 14.6 Å². The smallest absolute Gasteiger partial charge is 0.267 e. The number of aromatic nitrogens is 1. The van der Waals surface area contributed by atoms with Gasteiger partial charge in [0.05, 0.1) is 0 Å². The van der Waals surface area contributed by atoms with Gasteiger partial charge >= 0.3 is 0 Å². The Morgan fingerprint density at radius 3 is 2.58 bits per heavy atom. The van der Waals surface area contributed by atoms with Crippen LogP contribution in [0.25, 0.3) is 22.6 Å². The molecule has 33 heavy (non-hydrogen) atoms. The molecule has 0 saturated heterocycles. The van der Waals surface area contributed by atoms with Gasteiger partial charge in [-0.25, -0.2) is 0 Å². The Morgan fingerprint density at radius 2 is 1.94 bits per heavy atom. The van der Waals surface area contributed by atoms with Crippen molar-refractivity contribution in [1.82, 2.24) is 15.6 Å². The predicted octanol–water partition coefficient (Wildman–Crippen LogP) is 3.71. The summed E-state index contributed by atoms with van der Waals surface area (Å²) in [6.45, 7) is 0.385. The highest BCUT2D eigenvalue weighted by Crippen LogP contribution is 2.14. The third-order valence-corrected chi connectivity index (χ3v) is 4.41. The first kappa shape index (κ1) is 25.3. The third-order valence-electron chi connectivity index (χ3n) is 4.41. The van der Waals surface area contributed by atoms with Gasteiger partial charge in [-0.2, -0.15) is 0 Å². The van der Waals surface area contributed by atoms with Crippen LogP contribution >= 0.6 is 0 Å². The van der Waals surface area contributed by atoms with Gasteiger partial charge < -0.3 is 20.1 Å². The quantitative estimate of drug-likeness (QED) is 0.127. The fourth-order valence-corrected chi connectivity index (χ4v) is 2.73. The van der Waals surface area contributed by atoms with Crippen LogP contribution in [-0.4, -0.2) is 43.9 Å². The molecule has 172 valence electrons. The number of methoxy groups -OCH3 is 2. The molecule has 0 fully saturated rings. The lowest BCUT2D eigenvalue weighted by molar-refractivity contribution is -0.121. The number of rotatable bonds is 12. The molecule has 0 radical (unpaired) electrons. The predicted molar refractivity (Wildman–Crippen MR) is 125 cm³/mol. The molecule has 1 heterocycles. The maximum Gasteiger partial charge on any atom is 0.267 e. The van der Waals surface area contributed by atoms with Gasteiger partial charge in [0, 0.05) is 56.3 Å². The minimum atomic E-state index is -0.474. The van der Waals surface area contributed by atoms with E-state index in [2.05, 4.69) is 25.6 Å². The van der Waals surface area contributed by atoms with Crippen molar-refractivity contribution in [1.29, 1.82) is 0 Å². The molecule has 0 saturated carbocycles. The number of hydrogen-bond acceptors (Lipinski definition) is 6. The molecule has 10 nitrogen and oxygen atoms in total. The second kappa shape index (κ2) is 14.2. The summed E-state index contributed by atoms with van der Waals surface area (Å²) in [5, 5.41) is 8.90. The van der Waals surface area contributed by atoms with E-state index in [0.29, 0.717) is 30.6 Å². The summed E-state index contributed by atoms with van der Waals surface area (Å²) < 4.78 is 10.3. The van der Waals surface area contributed by atoms with E-state index < -0.39 is 11.8 Å². The second-order valence-corrected chi connectivity index (χ2v) is 6.75. The Hall–Kier alpha value is -3.98. The first-order valence-electron chi connectivity index (χ1n) is 10.2. The fraction of sp³-hybridized carbons (Fsp3) is 0.261. The summed E-state index contributed by atoms with van der Waals surface area (Å²) in [5.41, 5.74) is 10.4. The zero-order chi connectivity index (χ0) is 23.9. The molecule has 2 N–H and O–H groups in total. The first-order chi connectivity index (χ1) is 16.0. The molecule has 2 amide bonds. The zero-order valence-corrected chi connectivity index (χ0v) is 18.5. The van der Waals surface area contributed by atoms with E-state index in [-0.39, 0.29) is 12.0 Å². The lowest BCUT2D eigenvalue weighted by Crippen LogP contribution is -2.35. The van der Waals surface area contributed by atoms with Crippen molar-refractivity contribution in [2.45, 2.75) is 19.1 Å². The summed E-state index contributed by atoms with van der Waals surface area (Å²) in [5.74, 6) is -0.899. The van der Waals surface area contributed by atoms with Crippen molar-refractivity contribution >= 4 is 29.7 Å². The van der Waals surface area contributed by atoms with Crippen LogP contribution in [0, 0.1) is 0 Å². The molecule has 0 aliphatic carbocycles. The molecule has 2 rings (SSSR count). The average molecular weight is 450 g/mol. The van der Waals surface area contributed by atoms with E-state index in [1.165, 1.54) is 6.08 Å². The van der Waals surface area contributed by atoms with Crippen LogP contribution in [-0.2, 0) is 19.1 Å². The topological polar surface area (TPSA) is 138 Å². The minimum Gasteiger partial charge on any atom is -0.356 e. The zero-order valence-electron chi connectivity index (χ0n) is 18.5. The van der Waals surface area contributed by atoms with Gasteiger partial charge in [-0.05, 0) is 41.3 Å². The van der Waals surface area contributed by atoms with Gasteiger partial charge in [0.25, 0.3) is 5.91 Å². The Kier molecular flexibility index (Phi) is 10.8. The number of pyridine rings is 1.